The lowest BCUT2D eigenvalue weighted by Crippen LogP contribution is -1.89. The van der Waals surface area contributed by atoms with E-state index in [2.05, 4.69) is 6.92 Å². The van der Waals surface area contributed by atoms with Crippen LogP contribution in [0, 0.1) is 12.8 Å². The van der Waals surface area contributed by atoms with Crippen molar-refractivity contribution in [2.24, 2.45) is 5.92 Å². The van der Waals surface area contributed by atoms with E-state index in [-0.39, 0.29) is 4.33 Å². The van der Waals surface area contributed by atoms with Crippen molar-refractivity contribution in [3.8, 4) is 0 Å². The molecular weight excluding hydrogens is 167 g/mol. The van der Waals surface area contributed by atoms with Gasteiger partial charge in [-0.2, -0.15) is 0 Å². The van der Waals surface area contributed by atoms with Crippen LogP contribution >= 0.6 is 23.2 Å². The molecule has 0 aliphatic heterocycles. The van der Waals surface area contributed by atoms with Crippen LogP contribution < -0.4 is 0 Å². The minimum atomic E-state index is -0.360. The molecule has 0 aromatic rings. The monoisotopic (exact) mass is 179 g/mol. The van der Waals surface area contributed by atoms with E-state index in [1.807, 2.05) is 0 Å². The molecule has 0 amide bonds. The van der Waals surface area contributed by atoms with Crippen LogP contribution in [-0.2, 0) is 0 Å². The van der Waals surface area contributed by atoms with Crippen molar-refractivity contribution >= 4 is 23.2 Å². The highest BCUT2D eigenvalue weighted by atomic mass is 35.5. The van der Waals surface area contributed by atoms with Crippen LogP contribution in [0.15, 0.2) is 0 Å². The third-order valence-electron chi connectivity index (χ3n) is 2.01. The van der Waals surface area contributed by atoms with Gasteiger partial charge in [-0.15, -0.1) is 23.2 Å². The van der Waals surface area contributed by atoms with Crippen molar-refractivity contribution in [1.82, 2.24) is 0 Å². The summed E-state index contributed by atoms with van der Waals surface area (Å²) >= 11 is 11.7. The Morgan fingerprint density at radius 2 is 2.00 bits per heavy atom. The lowest BCUT2D eigenvalue weighted by atomic mass is 10.1. The number of rotatable bonds is 4. The molecule has 1 fully saturated rings. The maximum absolute atomic E-state index is 5.84. The first kappa shape index (κ1) is 8.67. The lowest BCUT2D eigenvalue weighted by Gasteiger charge is -1.97. The largest absolute Gasteiger partial charge is 0.121 e. The molecule has 1 aliphatic rings. The molecule has 59 valence electrons. The molecule has 1 atom stereocenters. The third-order valence-corrected chi connectivity index (χ3v) is 2.93. The van der Waals surface area contributed by atoms with Crippen LogP contribution in [0.25, 0.3) is 0 Å². The first-order valence-electron chi connectivity index (χ1n) is 3.84. The number of hydrogen-bond acceptors (Lipinski definition) is 0. The zero-order chi connectivity index (χ0) is 7.61. The Kier molecular flexibility index (Phi) is 2.88. The first-order valence-corrected chi connectivity index (χ1v) is 4.59. The lowest BCUT2D eigenvalue weighted by molar-refractivity contribution is 0.629. The second kappa shape index (κ2) is 3.32. The molecular formula is C8H13Cl2. The summed E-state index contributed by atoms with van der Waals surface area (Å²) in [6.07, 6.45) is 5.65. The minimum Gasteiger partial charge on any atom is -0.101 e. The minimum absolute atomic E-state index is 0.360. The van der Waals surface area contributed by atoms with Gasteiger partial charge in [0.05, 0.1) is 0 Å². The Bertz CT molecular complexity index is 110. The van der Waals surface area contributed by atoms with Crippen molar-refractivity contribution in [3.63, 3.8) is 0 Å². The fraction of sp³-hybridized carbons (Fsp3) is 0.875. The molecule has 0 N–H and O–H groups in total. The highest BCUT2D eigenvalue weighted by Crippen LogP contribution is 2.55. The van der Waals surface area contributed by atoms with Crippen LogP contribution in [-0.4, -0.2) is 4.33 Å². The van der Waals surface area contributed by atoms with Crippen molar-refractivity contribution in [1.29, 1.82) is 0 Å². The van der Waals surface area contributed by atoms with Gasteiger partial charge in [0.2, 0.25) is 0 Å². The van der Waals surface area contributed by atoms with E-state index in [0.717, 1.165) is 12.8 Å². The van der Waals surface area contributed by atoms with Crippen LogP contribution in [0.4, 0.5) is 0 Å². The zero-order valence-corrected chi connectivity index (χ0v) is 7.59. The van der Waals surface area contributed by atoms with Gasteiger partial charge < -0.3 is 0 Å². The maximum atomic E-state index is 5.84. The SMILES string of the molecule is [CH2]CCCCC1CC1(Cl)Cl. The summed E-state index contributed by atoms with van der Waals surface area (Å²) in [7, 11) is 0. The molecule has 0 nitrogen and oxygen atoms in total. The molecule has 1 saturated carbocycles. The predicted octanol–water partition coefficient (Wildman–Crippen LogP) is 3.57. The Morgan fingerprint density at radius 3 is 2.40 bits per heavy atom. The summed E-state index contributed by atoms with van der Waals surface area (Å²) in [5.74, 6) is 0.572. The molecule has 0 bridgehead atoms. The van der Waals surface area contributed by atoms with Crippen molar-refractivity contribution in [2.45, 2.75) is 36.4 Å². The van der Waals surface area contributed by atoms with Crippen LogP contribution in [0.1, 0.15) is 32.1 Å². The van der Waals surface area contributed by atoms with Gasteiger partial charge in [0.1, 0.15) is 4.33 Å². The van der Waals surface area contributed by atoms with Gasteiger partial charge in [0.15, 0.2) is 0 Å². The molecule has 1 radical (unpaired) electrons. The van der Waals surface area contributed by atoms with Gasteiger partial charge in [-0.1, -0.05) is 26.2 Å². The van der Waals surface area contributed by atoms with Gasteiger partial charge in [0, 0.05) is 0 Å². The van der Waals surface area contributed by atoms with Crippen LogP contribution in [0.3, 0.4) is 0 Å². The van der Waals surface area contributed by atoms with E-state index in [0.29, 0.717) is 5.92 Å². The number of alkyl halides is 2. The smallest absolute Gasteiger partial charge is 0.101 e. The fourth-order valence-electron chi connectivity index (χ4n) is 1.15. The quantitative estimate of drug-likeness (QED) is 0.458. The summed E-state index contributed by atoms with van der Waals surface area (Å²) in [4.78, 5) is 0. The second-order valence-corrected chi connectivity index (χ2v) is 4.55. The van der Waals surface area contributed by atoms with E-state index in [1.165, 1.54) is 19.3 Å². The molecule has 1 aliphatic carbocycles. The first-order chi connectivity index (χ1) is 4.67. The van der Waals surface area contributed by atoms with Gasteiger partial charge in [-0.3, -0.25) is 0 Å². The molecule has 1 rings (SSSR count). The zero-order valence-electron chi connectivity index (χ0n) is 6.08. The topological polar surface area (TPSA) is 0 Å². The highest BCUT2D eigenvalue weighted by Gasteiger charge is 2.50. The maximum Gasteiger partial charge on any atom is 0.121 e. The van der Waals surface area contributed by atoms with E-state index in [9.17, 15) is 0 Å². The van der Waals surface area contributed by atoms with Gasteiger partial charge in [-0.05, 0) is 18.8 Å². The van der Waals surface area contributed by atoms with Crippen molar-refractivity contribution < 1.29 is 0 Å². The molecule has 2 heteroatoms. The van der Waals surface area contributed by atoms with E-state index < -0.39 is 0 Å². The number of hydrogen-bond donors (Lipinski definition) is 0. The second-order valence-electron chi connectivity index (χ2n) is 3.01. The van der Waals surface area contributed by atoms with Gasteiger partial charge in [-0.25, -0.2) is 0 Å². The van der Waals surface area contributed by atoms with Gasteiger partial charge in [0.25, 0.3) is 0 Å². The molecule has 0 heterocycles. The molecule has 1 unspecified atom stereocenters. The highest BCUT2D eigenvalue weighted by molar-refractivity contribution is 6.50. The van der Waals surface area contributed by atoms with E-state index >= 15 is 0 Å². The predicted molar refractivity (Wildman–Crippen MR) is 46.4 cm³/mol. The van der Waals surface area contributed by atoms with Crippen molar-refractivity contribution in [2.75, 3.05) is 0 Å². The Hall–Kier alpha value is 0.580. The summed E-state index contributed by atoms with van der Waals surface area (Å²) in [5.41, 5.74) is 0. The Labute approximate surface area is 72.9 Å². The van der Waals surface area contributed by atoms with Crippen molar-refractivity contribution in [3.05, 3.63) is 6.92 Å². The third kappa shape index (κ3) is 2.32. The Balaban J connectivity index is 1.97. The summed E-state index contributed by atoms with van der Waals surface area (Å²) in [6, 6.07) is 0. The molecule has 0 saturated heterocycles. The number of unbranched alkanes of at least 4 members (excludes halogenated alkanes) is 2. The Morgan fingerprint density at radius 1 is 1.40 bits per heavy atom. The van der Waals surface area contributed by atoms with Crippen LogP contribution in [0.2, 0.25) is 0 Å². The summed E-state index contributed by atoms with van der Waals surface area (Å²) < 4.78 is -0.360. The van der Waals surface area contributed by atoms with E-state index in [4.69, 9.17) is 23.2 Å². The summed E-state index contributed by atoms with van der Waals surface area (Å²) in [5, 5.41) is 0. The molecule has 0 aromatic carbocycles. The van der Waals surface area contributed by atoms with Gasteiger partial charge >= 0.3 is 0 Å². The molecule has 0 aromatic heterocycles. The van der Waals surface area contributed by atoms with Crippen LogP contribution in [0.5, 0.6) is 0 Å². The number of halogens is 2. The normalized spacial score (nSPS) is 28.5. The average molecular weight is 180 g/mol. The standard InChI is InChI=1S/C8H13Cl2/c1-2-3-4-5-7-6-8(7,9)10/h7H,1-6H2. The average Bonchev–Trinajstić information content (AvgIpc) is 2.41. The fourth-order valence-corrected chi connectivity index (χ4v) is 1.74. The van der Waals surface area contributed by atoms with E-state index in [1.54, 1.807) is 0 Å². The summed E-state index contributed by atoms with van der Waals surface area (Å²) in [6.45, 7) is 3.77. The molecule has 10 heavy (non-hydrogen) atoms. The molecule has 0 spiro atoms.